The quantitative estimate of drug-likeness (QED) is 0.0194. The van der Waals surface area contributed by atoms with Crippen LogP contribution in [0.1, 0.15) is 202 Å². The van der Waals surface area contributed by atoms with Crippen molar-refractivity contribution >= 4 is 5.91 Å². The number of nitrogens with one attached hydrogen (secondary N) is 4. The van der Waals surface area contributed by atoms with Gasteiger partial charge >= 0.3 is 0 Å². The van der Waals surface area contributed by atoms with Crippen LogP contribution in [0, 0.1) is 0 Å². The molecule has 574 valence electrons. The molecule has 0 aliphatic heterocycles. The van der Waals surface area contributed by atoms with Crippen molar-refractivity contribution in [3.63, 3.8) is 0 Å². The minimum atomic E-state index is -0.519. The fourth-order valence-electron chi connectivity index (χ4n) is 17.9. The number of carbonyl (C=O) groups excluding carboxylic acids is 1. The second kappa shape index (κ2) is 41.6. The first-order chi connectivity index (χ1) is 55.9. The summed E-state index contributed by atoms with van der Waals surface area (Å²) in [6, 6.07) is 134. The van der Waals surface area contributed by atoms with Crippen LogP contribution in [0.5, 0.6) is 0 Å². The van der Waals surface area contributed by atoms with E-state index >= 15 is 0 Å². The van der Waals surface area contributed by atoms with Crippen molar-refractivity contribution < 1.29 is 4.79 Å². The molecule has 0 saturated heterocycles. The first-order valence-electron chi connectivity index (χ1n) is 42.1. The van der Waals surface area contributed by atoms with E-state index in [1.807, 2.05) is 0 Å². The van der Waals surface area contributed by atoms with Crippen molar-refractivity contribution in [1.29, 1.82) is 0 Å². The minimum Gasteiger partial charge on any atom is -0.366 e. The first-order valence-corrected chi connectivity index (χ1v) is 42.1. The number of amides is 1. The molecule has 13 rings (SSSR count). The van der Waals surface area contributed by atoms with Gasteiger partial charge in [0.05, 0.1) is 22.2 Å². The van der Waals surface area contributed by atoms with Gasteiger partial charge in [0, 0.05) is 5.56 Å². The molecule has 0 unspecified atom stereocenters. The molecule has 13 aromatic rings. The Morgan fingerprint density at radius 2 is 0.354 bits per heavy atom. The molecule has 13 aromatic carbocycles. The van der Waals surface area contributed by atoms with Gasteiger partial charge in [0.2, 0.25) is 5.91 Å². The lowest BCUT2D eigenvalue weighted by molar-refractivity contribution is 0.0998. The van der Waals surface area contributed by atoms with Gasteiger partial charge in [0.1, 0.15) is 0 Å². The zero-order valence-corrected chi connectivity index (χ0v) is 66.2. The van der Waals surface area contributed by atoms with Crippen molar-refractivity contribution in [3.05, 3.63) is 465 Å². The number of nitrogens with two attached hydrogens (primary N) is 1. The molecule has 6 nitrogen and oxygen atoms in total. The summed E-state index contributed by atoms with van der Waals surface area (Å²) in [5.74, 6) is -0.278. The molecule has 0 aromatic heterocycles. The molecule has 1 amide bonds. The van der Waals surface area contributed by atoms with E-state index < -0.39 is 22.2 Å². The molecule has 0 fully saturated rings. The van der Waals surface area contributed by atoms with Crippen molar-refractivity contribution in [2.24, 2.45) is 5.73 Å². The highest BCUT2D eigenvalue weighted by Gasteiger charge is 2.40. The molecular weight excluding hydrogens is 1370 g/mol. The van der Waals surface area contributed by atoms with Crippen LogP contribution in [-0.4, -0.2) is 32.1 Å². The molecule has 0 heterocycles. The maximum absolute atomic E-state index is 14.9. The Labute approximate surface area is 674 Å². The van der Waals surface area contributed by atoms with Crippen LogP contribution in [0.15, 0.2) is 370 Å². The largest absolute Gasteiger partial charge is 0.366 e. The van der Waals surface area contributed by atoms with Gasteiger partial charge in [-0.05, 0) is 192 Å². The highest BCUT2D eigenvalue weighted by Crippen LogP contribution is 2.42. The van der Waals surface area contributed by atoms with Gasteiger partial charge in [-0.25, -0.2) is 0 Å². The number of unbranched alkanes of at least 4 members (excludes halogenated alkanes) is 12. The maximum atomic E-state index is 14.9. The van der Waals surface area contributed by atoms with E-state index in [1.165, 1.54) is 89.0 Å². The Kier molecular flexibility index (Phi) is 29.6. The Morgan fingerprint density at radius 3 is 0.513 bits per heavy atom. The number of aryl methyl sites for hydroxylation is 2. The van der Waals surface area contributed by atoms with Crippen LogP contribution in [0.25, 0.3) is 0 Å². The summed E-state index contributed by atoms with van der Waals surface area (Å²) < 4.78 is 0. The predicted octanol–water partition coefficient (Wildman–Crippen LogP) is 23.5. The van der Waals surface area contributed by atoms with E-state index in [0.29, 0.717) is 0 Å². The highest BCUT2D eigenvalue weighted by atomic mass is 16.1. The first kappa shape index (κ1) is 80.2. The van der Waals surface area contributed by atoms with E-state index in [9.17, 15) is 4.79 Å². The number of carbonyl (C=O) groups is 1. The second-order valence-electron chi connectivity index (χ2n) is 30.6. The third-order valence-corrected chi connectivity index (χ3v) is 23.5. The fourth-order valence-corrected chi connectivity index (χ4v) is 17.9. The number of benzene rings is 13. The molecule has 0 radical (unpaired) electrons. The van der Waals surface area contributed by atoms with Crippen molar-refractivity contribution in [2.75, 3.05) is 26.2 Å². The summed E-state index contributed by atoms with van der Waals surface area (Å²) in [6.45, 7) is 3.39. The van der Waals surface area contributed by atoms with Gasteiger partial charge in [0.15, 0.2) is 0 Å². The van der Waals surface area contributed by atoms with E-state index in [4.69, 9.17) is 5.73 Å². The summed E-state index contributed by atoms with van der Waals surface area (Å²) in [5.41, 5.74) is 25.4. The van der Waals surface area contributed by atoms with E-state index in [1.54, 1.807) is 0 Å². The number of hydrogen-bond donors (Lipinski definition) is 5. The van der Waals surface area contributed by atoms with Crippen LogP contribution in [0.3, 0.4) is 0 Å². The molecule has 0 bridgehead atoms. The summed E-state index contributed by atoms with van der Waals surface area (Å²) in [4.78, 5) is 14.9. The predicted molar refractivity (Wildman–Crippen MR) is 472 cm³/mol. The van der Waals surface area contributed by atoms with Gasteiger partial charge in [-0.15, -0.1) is 0 Å². The Balaban J connectivity index is 0.752. The van der Waals surface area contributed by atoms with Gasteiger partial charge in [0.25, 0.3) is 0 Å². The third kappa shape index (κ3) is 19.6. The van der Waals surface area contributed by atoms with Crippen LogP contribution in [-0.2, 0) is 47.8 Å². The van der Waals surface area contributed by atoms with Crippen molar-refractivity contribution in [2.45, 2.75) is 151 Å². The zero-order chi connectivity index (χ0) is 77.3. The van der Waals surface area contributed by atoms with Crippen LogP contribution < -0.4 is 27.0 Å². The van der Waals surface area contributed by atoms with Gasteiger partial charge < -0.3 is 5.73 Å². The van der Waals surface area contributed by atoms with Gasteiger partial charge in [-0.2, -0.15) is 0 Å². The van der Waals surface area contributed by atoms with Crippen LogP contribution >= 0.6 is 0 Å². The summed E-state index contributed by atoms with van der Waals surface area (Å²) in [7, 11) is 0. The smallest absolute Gasteiger partial charge is 0.249 e. The molecule has 0 atom stereocenters. The zero-order valence-electron chi connectivity index (χ0n) is 66.2. The summed E-state index contributed by atoms with van der Waals surface area (Å²) in [5, 5.41) is 16.6. The van der Waals surface area contributed by atoms with Gasteiger partial charge in [-0.1, -0.05) is 421 Å². The Hall–Kier alpha value is -10.8. The van der Waals surface area contributed by atoms with E-state index in [2.05, 4.69) is 391 Å². The lowest BCUT2D eigenvalue weighted by atomic mass is 9.77. The molecule has 0 spiro atoms. The highest BCUT2D eigenvalue weighted by molar-refractivity contribution is 5.97. The van der Waals surface area contributed by atoms with Crippen LogP contribution in [0.4, 0.5) is 0 Å². The van der Waals surface area contributed by atoms with E-state index in [-0.39, 0.29) is 5.91 Å². The summed E-state index contributed by atoms with van der Waals surface area (Å²) in [6.07, 6.45) is 20.1. The average Bonchev–Trinajstić information content (AvgIpc) is 0.754. The monoisotopic (exact) mass is 1490 g/mol. The summed E-state index contributed by atoms with van der Waals surface area (Å²) >= 11 is 0. The Bertz CT molecular complexity index is 4180. The van der Waals surface area contributed by atoms with E-state index in [0.717, 1.165) is 160 Å². The third-order valence-electron chi connectivity index (χ3n) is 23.5. The molecule has 6 N–H and O–H groups in total. The average molecular weight is 1490 g/mol. The second-order valence-corrected chi connectivity index (χ2v) is 30.6. The number of rotatable bonds is 45. The van der Waals surface area contributed by atoms with Gasteiger partial charge in [-0.3, -0.25) is 26.1 Å². The standard InChI is InChI=1S/C107H115N5O/c108-103(113)102-100(79-47-3-7-51-83-111-106(94-67-35-15-36-68-94,95-69-37-16-38-70-95)96-71-39-17-40-72-96)86(53-21-1-5-49-81-109-104(88-55-23-9-24-56-88,89-57-25-10-26-58-89)90-59-27-11-28-60-90)85-87(54-22-2-6-50-82-110-105(91-61-29-12-30-62-91,92-63-31-13-32-64-92)93-65-33-14-34-66-93)101(102)80-48-4-8-52-84-112-107(97-73-41-18-42-74-97,98-75-43-19-44-76-98)99-77-45-20-46-78-99/h9-20,23-46,55-78,85,109-112H,1-8,21-22,47-54,79-84H2,(H2,108,113). The minimum absolute atomic E-state index is 0.278. The maximum Gasteiger partial charge on any atom is 0.249 e. The number of hydrogen-bond acceptors (Lipinski definition) is 5. The SMILES string of the molecule is NC(=O)c1c(CCCCCCNC(c2ccccc2)(c2ccccc2)c2ccccc2)c(CCCCCCNC(c2ccccc2)(c2ccccc2)c2ccccc2)cc(CCCCCCNC(c2ccccc2)(c2ccccc2)c2ccccc2)c1CCCCCCNC(c1ccccc1)(c1ccccc1)c1ccccc1. The van der Waals surface area contributed by atoms with Crippen molar-refractivity contribution in [3.8, 4) is 0 Å². The molecule has 113 heavy (non-hydrogen) atoms. The lowest BCUT2D eigenvalue weighted by Gasteiger charge is -2.37. The molecule has 0 aliphatic rings. The molecular formula is C107H115N5O. The van der Waals surface area contributed by atoms with Crippen molar-refractivity contribution in [1.82, 2.24) is 21.3 Å². The Morgan fingerprint density at radius 1 is 0.204 bits per heavy atom. The molecule has 0 saturated carbocycles. The van der Waals surface area contributed by atoms with Crippen LogP contribution in [0.2, 0.25) is 0 Å². The lowest BCUT2D eigenvalue weighted by Crippen LogP contribution is -2.45. The molecule has 6 heteroatoms. The molecule has 0 aliphatic carbocycles. The normalized spacial score (nSPS) is 11.9. The fraction of sp³-hybridized carbons (Fsp3) is 0.262. The topological polar surface area (TPSA) is 91.2 Å². The number of primary amides is 1.